The fourth-order valence-electron chi connectivity index (χ4n) is 3.41. The Kier molecular flexibility index (Phi) is 5.87. The smallest absolute Gasteiger partial charge is 0.325 e. The molecule has 0 unspecified atom stereocenters. The quantitative estimate of drug-likeness (QED) is 0.621. The molecule has 0 aromatic heterocycles. The molecule has 152 valence electrons. The van der Waals surface area contributed by atoms with E-state index in [1.807, 2.05) is 0 Å². The SMILES string of the molecule is COc1ccccc1CN1C(=O)N[C@H](CCC(=O)N[C@H]2CCS(=O)(=O)C2)C1=O. The molecule has 2 aliphatic rings. The summed E-state index contributed by atoms with van der Waals surface area (Å²) >= 11 is 0. The Balaban J connectivity index is 1.53. The van der Waals surface area contributed by atoms with Crippen LogP contribution in [0.5, 0.6) is 5.75 Å². The van der Waals surface area contributed by atoms with Crippen LogP contribution < -0.4 is 15.4 Å². The van der Waals surface area contributed by atoms with Gasteiger partial charge >= 0.3 is 6.03 Å². The van der Waals surface area contributed by atoms with E-state index < -0.39 is 27.8 Å². The normalized spacial score (nSPS) is 23.5. The Morgan fingerprint density at radius 2 is 2.07 bits per heavy atom. The van der Waals surface area contributed by atoms with E-state index >= 15 is 0 Å². The van der Waals surface area contributed by atoms with E-state index in [4.69, 9.17) is 4.74 Å². The first kappa shape index (κ1) is 20.1. The molecule has 2 atom stereocenters. The minimum atomic E-state index is -3.07. The number of nitrogens with one attached hydrogen (secondary N) is 2. The maximum atomic E-state index is 12.6. The van der Waals surface area contributed by atoms with Crippen LogP contribution in [0.15, 0.2) is 24.3 Å². The van der Waals surface area contributed by atoms with Gasteiger partial charge in [0.25, 0.3) is 5.91 Å². The van der Waals surface area contributed by atoms with Crippen molar-refractivity contribution in [3.05, 3.63) is 29.8 Å². The number of sulfone groups is 1. The highest BCUT2D eigenvalue weighted by atomic mass is 32.2. The molecule has 0 radical (unpaired) electrons. The van der Waals surface area contributed by atoms with Crippen LogP contribution in [0.25, 0.3) is 0 Å². The summed E-state index contributed by atoms with van der Waals surface area (Å²) in [6.07, 6.45) is 0.577. The molecule has 3 rings (SSSR count). The summed E-state index contributed by atoms with van der Waals surface area (Å²) in [5.74, 6) is -0.116. The van der Waals surface area contributed by atoms with Gasteiger partial charge in [-0.3, -0.25) is 14.5 Å². The van der Waals surface area contributed by atoms with Crippen LogP contribution in [0.3, 0.4) is 0 Å². The summed E-state index contributed by atoms with van der Waals surface area (Å²) in [5.41, 5.74) is 0.703. The number of carbonyl (C=O) groups is 3. The molecule has 2 saturated heterocycles. The molecule has 2 fully saturated rings. The van der Waals surface area contributed by atoms with Crippen LogP contribution in [0.4, 0.5) is 4.79 Å². The number of hydrogen-bond acceptors (Lipinski definition) is 6. The van der Waals surface area contributed by atoms with Gasteiger partial charge in [0.1, 0.15) is 11.8 Å². The zero-order chi connectivity index (χ0) is 20.3. The van der Waals surface area contributed by atoms with Gasteiger partial charge < -0.3 is 15.4 Å². The van der Waals surface area contributed by atoms with Crippen molar-refractivity contribution in [1.82, 2.24) is 15.5 Å². The lowest BCUT2D eigenvalue weighted by atomic mass is 10.1. The van der Waals surface area contributed by atoms with Gasteiger partial charge in [-0.1, -0.05) is 18.2 Å². The van der Waals surface area contributed by atoms with E-state index in [1.54, 1.807) is 24.3 Å². The van der Waals surface area contributed by atoms with Crippen LogP contribution in [0.2, 0.25) is 0 Å². The number of nitrogens with zero attached hydrogens (tertiary/aromatic N) is 1. The zero-order valence-corrected chi connectivity index (χ0v) is 16.3. The lowest BCUT2D eigenvalue weighted by Crippen LogP contribution is -2.37. The van der Waals surface area contributed by atoms with Gasteiger partial charge in [0.15, 0.2) is 9.84 Å². The van der Waals surface area contributed by atoms with Gasteiger partial charge in [-0.15, -0.1) is 0 Å². The van der Waals surface area contributed by atoms with E-state index in [-0.39, 0.29) is 42.8 Å². The number of methoxy groups -OCH3 is 1. The number of ether oxygens (including phenoxy) is 1. The summed E-state index contributed by atoms with van der Waals surface area (Å²) in [6, 6.07) is 5.44. The maximum Gasteiger partial charge on any atom is 0.325 e. The van der Waals surface area contributed by atoms with Gasteiger partial charge in [0.2, 0.25) is 5.91 Å². The first-order chi connectivity index (χ1) is 13.3. The average Bonchev–Trinajstić information content (AvgIpc) is 3.13. The Morgan fingerprint density at radius 3 is 2.75 bits per heavy atom. The molecular formula is C18H23N3O6S. The van der Waals surface area contributed by atoms with Crippen LogP contribution >= 0.6 is 0 Å². The molecule has 9 nitrogen and oxygen atoms in total. The average molecular weight is 409 g/mol. The number of imide groups is 1. The van der Waals surface area contributed by atoms with E-state index in [9.17, 15) is 22.8 Å². The highest BCUT2D eigenvalue weighted by molar-refractivity contribution is 7.91. The molecule has 4 amide bonds. The first-order valence-electron chi connectivity index (χ1n) is 9.02. The van der Waals surface area contributed by atoms with E-state index in [0.717, 1.165) is 4.90 Å². The Morgan fingerprint density at radius 1 is 1.32 bits per heavy atom. The molecule has 1 aromatic rings. The molecule has 28 heavy (non-hydrogen) atoms. The number of hydrogen-bond donors (Lipinski definition) is 2. The van der Waals surface area contributed by atoms with Crippen molar-refractivity contribution in [3.8, 4) is 5.75 Å². The van der Waals surface area contributed by atoms with E-state index in [2.05, 4.69) is 10.6 Å². The largest absolute Gasteiger partial charge is 0.496 e. The highest BCUT2D eigenvalue weighted by Gasteiger charge is 2.38. The number of para-hydroxylation sites is 1. The second kappa shape index (κ2) is 8.17. The van der Waals surface area contributed by atoms with E-state index in [0.29, 0.717) is 17.7 Å². The Hall–Kier alpha value is -2.62. The second-order valence-electron chi connectivity index (χ2n) is 6.94. The summed E-state index contributed by atoms with van der Waals surface area (Å²) in [7, 11) is -1.56. The molecule has 0 spiro atoms. The molecule has 2 heterocycles. The van der Waals surface area contributed by atoms with Gasteiger partial charge in [0.05, 0.1) is 25.2 Å². The molecule has 0 bridgehead atoms. The van der Waals surface area contributed by atoms with Crippen LogP contribution in [-0.4, -0.2) is 61.9 Å². The number of carbonyl (C=O) groups excluding carboxylic acids is 3. The van der Waals surface area contributed by atoms with Crippen molar-refractivity contribution >= 4 is 27.7 Å². The van der Waals surface area contributed by atoms with Crippen LogP contribution in [-0.2, 0) is 26.0 Å². The van der Waals surface area contributed by atoms with Crippen molar-refractivity contribution < 1.29 is 27.5 Å². The molecule has 0 saturated carbocycles. The monoisotopic (exact) mass is 409 g/mol. The molecule has 2 aliphatic heterocycles. The zero-order valence-electron chi connectivity index (χ0n) is 15.5. The third-order valence-electron chi connectivity index (χ3n) is 4.89. The summed E-state index contributed by atoms with van der Waals surface area (Å²) in [4.78, 5) is 37.9. The standard InChI is InChI=1S/C18H23N3O6S/c1-27-15-5-3-2-4-12(15)10-21-17(23)14(20-18(21)24)6-7-16(22)19-13-8-9-28(25,26)11-13/h2-5,13-14H,6-11H2,1H3,(H,19,22)(H,20,24)/t13-,14+/m0/s1. The molecule has 10 heteroatoms. The third-order valence-corrected chi connectivity index (χ3v) is 6.65. The minimum absolute atomic E-state index is 0.0235. The number of urea groups is 1. The summed E-state index contributed by atoms with van der Waals surface area (Å²) in [5, 5.41) is 5.27. The fraction of sp³-hybridized carbons (Fsp3) is 0.500. The maximum absolute atomic E-state index is 12.6. The Labute approximate surface area is 163 Å². The lowest BCUT2D eigenvalue weighted by molar-refractivity contribution is -0.128. The van der Waals surface area contributed by atoms with Crippen LogP contribution in [0.1, 0.15) is 24.8 Å². The molecular weight excluding hydrogens is 386 g/mol. The molecule has 2 N–H and O–H groups in total. The minimum Gasteiger partial charge on any atom is -0.496 e. The van der Waals surface area contributed by atoms with Gasteiger partial charge in [-0.05, 0) is 18.9 Å². The molecule has 0 aliphatic carbocycles. The van der Waals surface area contributed by atoms with Gasteiger partial charge in [-0.25, -0.2) is 13.2 Å². The number of rotatable bonds is 7. The first-order valence-corrected chi connectivity index (χ1v) is 10.8. The van der Waals surface area contributed by atoms with Gasteiger partial charge in [0, 0.05) is 18.0 Å². The van der Waals surface area contributed by atoms with Gasteiger partial charge in [-0.2, -0.15) is 0 Å². The van der Waals surface area contributed by atoms with Crippen molar-refractivity contribution in [2.24, 2.45) is 0 Å². The third kappa shape index (κ3) is 4.61. The fourth-order valence-corrected chi connectivity index (χ4v) is 5.08. The predicted molar refractivity (Wildman–Crippen MR) is 100 cm³/mol. The second-order valence-corrected chi connectivity index (χ2v) is 9.17. The lowest BCUT2D eigenvalue weighted by Gasteiger charge is -2.15. The number of benzene rings is 1. The van der Waals surface area contributed by atoms with Crippen LogP contribution in [0, 0.1) is 0 Å². The van der Waals surface area contributed by atoms with E-state index in [1.165, 1.54) is 7.11 Å². The van der Waals surface area contributed by atoms with Crippen molar-refractivity contribution in [1.29, 1.82) is 0 Å². The molecule has 1 aromatic carbocycles. The van der Waals surface area contributed by atoms with Crippen molar-refractivity contribution in [3.63, 3.8) is 0 Å². The topological polar surface area (TPSA) is 122 Å². The number of amides is 4. The van der Waals surface area contributed by atoms with Crippen molar-refractivity contribution in [2.45, 2.75) is 37.9 Å². The van der Waals surface area contributed by atoms with Crippen molar-refractivity contribution in [2.75, 3.05) is 18.6 Å². The predicted octanol–water partition coefficient (Wildman–Crippen LogP) is 0.199. The Bertz CT molecular complexity index is 885. The summed E-state index contributed by atoms with van der Waals surface area (Å²) in [6.45, 7) is 0.0807. The summed E-state index contributed by atoms with van der Waals surface area (Å²) < 4.78 is 28.1. The highest BCUT2D eigenvalue weighted by Crippen LogP contribution is 2.22.